The summed E-state index contributed by atoms with van der Waals surface area (Å²) in [6.07, 6.45) is 2.99. The van der Waals surface area contributed by atoms with Crippen LogP contribution in [0.3, 0.4) is 0 Å². The summed E-state index contributed by atoms with van der Waals surface area (Å²) in [5.74, 6) is -0.652. The lowest BCUT2D eigenvalue weighted by molar-refractivity contribution is -0.592. The van der Waals surface area contributed by atoms with Crippen LogP contribution in [0, 0.1) is 16.8 Å². The highest BCUT2D eigenvalue weighted by molar-refractivity contribution is 5.89. The number of urea groups is 1. The van der Waals surface area contributed by atoms with Crippen molar-refractivity contribution in [3.05, 3.63) is 83.7 Å². The fourth-order valence-electron chi connectivity index (χ4n) is 3.99. The Morgan fingerprint density at radius 3 is 2.31 bits per heavy atom. The number of carbonyl (C=O) groups excluding carboxylic acids is 1. The number of hydrogen-bond acceptors (Lipinski definition) is 3. The Kier molecular flexibility index (Phi) is 6.20. The molecule has 2 heterocycles. The molecular formula is C24H24F2N4O2. The maximum Gasteiger partial charge on any atom is 0.321 e. The average Bonchev–Trinajstić information content (AvgIpc) is 2.79. The van der Waals surface area contributed by atoms with Crippen LogP contribution in [0.2, 0.25) is 0 Å². The smallest absolute Gasteiger partial charge is 0.321 e. The van der Waals surface area contributed by atoms with Gasteiger partial charge in [-0.15, -0.1) is 0 Å². The first-order chi connectivity index (χ1) is 15.4. The molecule has 1 aromatic heterocycles. The molecule has 0 atom stereocenters. The van der Waals surface area contributed by atoms with E-state index in [1.165, 1.54) is 18.3 Å². The van der Waals surface area contributed by atoms with E-state index < -0.39 is 11.6 Å². The van der Waals surface area contributed by atoms with E-state index in [9.17, 15) is 18.8 Å². The van der Waals surface area contributed by atoms with Crippen molar-refractivity contribution in [3.8, 4) is 11.1 Å². The summed E-state index contributed by atoms with van der Waals surface area (Å²) in [7, 11) is 1.76. The lowest BCUT2D eigenvalue weighted by Gasteiger charge is -2.34. The van der Waals surface area contributed by atoms with Gasteiger partial charge in [0.2, 0.25) is 0 Å². The summed E-state index contributed by atoms with van der Waals surface area (Å²) in [4.78, 5) is 16.4. The molecule has 0 aliphatic carbocycles. The van der Waals surface area contributed by atoms with E-state index in [0.29, 0.717) is 35.7 Å². The second-order valence-electron chi connectivity index (χ2n) is 7.88. The number of benzene rings is 2. The third-order valence-corrected chi connectivity index (χ3v) is 5.79. The maximum atomic E-state index is 13.4. The molecule has 166 valence electrons. The van der Waals surface area contributed by atoms with Crippen LogP contribution in [0.5, 0.6) is 0 Å². The van der Waals surface area contributed by atoms with Crippen LogP contribution in [-0.4, -0.2) is 37.1 Å². The molecule has 8 heteroatoms. The second-order valence-corrected chi connectivity index (χ2v) is 7.88. The number of aromatic nitrogens is 1. The molecule has 0 spiro atoms. The molecule has 1 N–H and O–H groups in total. The van der Waals surface area contributed by atoms with Gasteiger partial charge in [-0.3, -0.25) is 4.90 Å². The van der Waals surface area contributed by atoms with Crippen LogP contribution in [0.4, 0.5) is 25.1 Å². The topological polar surface area (TPSA) is 62.5 Å². The summed E-state index contributed by atoms with van der Waals surface area (Å²) >= 11 is 0. The van der Waals surface area contributed by atoms with Gasteiger partial charge < -0.3 is 15.4 Å². The van der Waals surface area contributed by atoms with Gasteiger partial charge in [-0.2, -0.15) is 0 Å². The van der Waals surface area contributed by atoms with Crippen molar-refractivity contribution < 1.29 is 18.3 Å². The Labute approximate surface area is 185 Å². The van der Waals surface area contributed by atoms with E-state index in [1.54, 1.807) is 48.3 Å². The number of hydrogen-bond donors (Lipinski definition) is 1. The van der Waals surface area contributed by atoms with Crippen LogP contribution in [0.25, 0.3) is 11.1 Å². The Balaban J connectivity index is 1.34. The molecule has 0 bridgehead atoms. The molecule has 4 rings (SSSR count). The van der Waals surface area contributed by atoms with E-state index in [-0.39, 0.29) is 12.1 Å². The first-order valence-electron chi connectivity index (χ1n) is 10.4. The minimum Gasteiger partial charge on any atom is -0.711 e. The molecule has 1 aliphatic rings. The lowest BCUT2D eigenvalue weighted by Crippen LogP contribution is -2.49. The van der Waals surface area contributed by atoms with Gasteiger partial charge in [0.1, 0.15) is 11.6 Å². The van der Waals surface area contributed by atoms with Gasteiger partial charge in [0.15, 0.2) is 0 Å². The van der Waals surface area contributed by atoms with Crippen molar-refractivity contribution in [2.24, 2.45) is 0 Å². The third-order valence-electron chi connectivity index (χ3n) is 5.79. The molecule has 2 aromatic carbocycles. The van der Waals surface area contributed by atoms with Crippen molar-refractivity contribution >= 4 is 17.5 Å². The van der Waals surface area contributed by atoms with Crippen molar-refractivity contribution in [2.45, 2.75) is 18.9 Å². The number of anilines is 2. The number of nitrogens with one attached hydrogen (secondary N) is 1. The van der Waals surface area contributed by atoms with E-state index in [1.807, 2.05) is 11.0 Å². The van der Waals surface area contributed by atoms with Crippen molar-refractivity contribution in [3.63, 3.8) is 0 Å². The lowest BCUT2D eigenvalue weighted by atomic mass is 10.0. The largest absolute Gasteiger partial charge is 0.711 e. The number of rotatable bonds is 4. The van der Waals surface area contributed by atoms with Gasteiger partial charge in [-0.1, -0.05) is 18.2 Å². The number of pyridine rings is 1. The van der Waals surface area contributed by atoms with E-state index in [4.69, 9.17) is 0 Å². The standard InChI is InChI=1S/C24H24F2N4O2/c1-28(22-9-12-29(13-10-22)23-4-2-3-11-30(23)32)24(31)27-21-7-5-17(6-8-21)18-14-19(25)16-20(26)15-18/h2-8,11,14-16,22H,9-10,12-13H2,1H3,(H,27,31). The molecule has 2 amide bonds. The molecule has 0 radical (unpaired) electrons. The highest BCUT2D eigenvalue weighted by Crippen LogP contribution is 2.24. The van der Waals surface area contributed by atoms with Gasteiger partial charge in [0, 0.05) is 43.8 Å². The van der Waals surface area contributed by atoms with E-state index in [0.717, 1.165) is 23.6 Å². The zero-order valence-corrected chi connectivity index (χ0v) is 17.7. The predicted molar refractivity (Wildman–Crippen MR) is 119 cm³/mol. The van der Waals surface area contributed by atoms with Crippen molar-refractivity contribution in [1.82, 2.24) is 4.90 Å². The van der Waals surface area contributed by atoms with Crippen LogP contribution >= 0.6 is 0 Å². The average molecular weight is 438 g/mol. The van der Waals surface area contributed by atoms with Crippen molar-refractivity contribution in [2.75, 3.05) is 30.4 Å². The SMILES string of the molecule is CN(C(=O)Nc1ccc(-c2cc(F)cc(F)c2)cc1)C1CCN(c2cccc[n+]2[O-])CC1. The van der Waals surface area contributed by atoms with Gasteiger partial charge in [0.05, 0.1) is 19.3 Å². The number of amides is 2. The van der Waals surface area contributed by atoms with Crippen LogP contribution in [0.1, 0.15) is 12.8 Å². The summed E-state index contributed by atoms with van der Waals surface area (Å²) < 4.78 is 27.8. The molecule has 6 nitrogen and oxygen atoms in total. The minimum atomic E-state index is -0.637. The molecule has 1 saturated heterocycles. The predicted octanol–water partition coefficient (Wildman–Crippen LogP) is 4.40. The molecule has 32 heavy (non-hydrogen) atoms. The highest BCUT2D eigenvalue weighted by Gasteiger charge is 2.29. The van der Waals surface area contributed by atoms with Crippen molar-refractivity contribution in [1.29, 1.82) is 0 Å². The quantitative estimate of drug-likeness (QED) is 0.485. The Hall–Kier alpha value is -3.68. The molecular weight excluding hydrogens is 414 g/mol. The third kappa shape index (κ3) is 4.80. The van der Waals surface area contributed by atoms with Gasteiger partial charge in [-0.05, 0) is 41.5 Å². The zero-order valence-electron chi connectivity index (χ0n) is 17.7. The summed E-state index contributed by atoms with van der Waals surface area (Å²) in [6.45, 7) is 1.38. The summed E-state index contributed by atoms with van der Waals surface area (Å²) in [6, 6.07) is 15.3. The van der Waals surface area contributed by atoms with Gasteiger partial charge in [0.25, 0.3) is 5.82 Å². The Morgan fingerprint density at radius 2 is 1.69 bits per heavy atom. The second kappa shape index (κ2) is 9.21. The minimum absolute atomic E-state index is 0.0598. The van der Waals surface area contributed by atoms with Crippen LogP contribution < -0.4 is 14.9 Å². The molecule has 3 aromatic rings. The number of halogens is 2. The summed E-state index contributed by atoms with van der Waals surface area (Å²) in [5.41, 5.74) is 1.68. The van der Waals surface area contributed by atoms with Gasteiger partial charge in [-0.25, -0.2) is 18.3 Å². The normalized spacial score (nSPS) is 14.3. The van der Waals surface area contributed by atoms with E-state index in [2.05, 4.69) is 5.32 Å². The highest BCUT2D eigenvalue weighted by atomic mass is 19.1. The van der Waals surface area contributed by atoms with Crippen LogP contribution in [-0.2, 0) is 0 Å². The summed E-state index contributed by atoms with van der Waals surface area (Å²) in [5, 5.41) is 14.8. The zero-order chi connectivity index (χ0) is 22.7. The maximum absolute atomic E-state index is 13.4. The Bertz CT molecular complexity index is 1080. The van der Waals surface area contributed by atoms with Gasteiger partial charge >= 0.3 is 6.03 Å². The molecule has 1 fully saturated rings. The number of nitrogens with zero attached hydrogens (tertiary/aromatic N) is 3. The first kappa shape index (κ1) is 21.5. The number of carbonyl (C=O) groups is 1. The molecule has 0 saturated carbocycles. The fourth-order valence-corrected chi connectivity index (χ4v) is 3.99. The number of piperidine rings is 1. The monoisotopic (exact) mass is 438 g/mol. The molecule has 0 unspecified atom stereocenters. The van der Waals surface area contributed by atoms with Crippen LogP contribution in [0.15, 0.2) is 66.9 Å². The fraction of sp³-hybridized carbons (Fsp3) is 0.250. The molecule has 1 aliphatic heterocycles. The van der Waals surface area contributed by atoms with E-state index >= 15 is 0 Å². The Morgan fingerprint density at radius 1 is 1.03 bits per heavy atom. The first-order valence-corrected chi connectivity index (χ1v) is 10.4.